The van der Waals surface area contributed by atoms with Crippen molar-refractivity contribution in [2.24, 2.45) is 0 Å². The maximum absolute atomic E-state index is 5.74. The number of nitrogen functional groups attached to an aromatic ring is 1. The summed E-state index contributed by atoms with van der Waals surface area (Å²) >= 11 is 3.30. The van der Waals surface area contributed by atoms with Crippen LogP contribution in [0.15, 0.2) is 10.8 Å². The molecule has 1 aliphatic heterocycles. The number of ether oxygens (including phenoxy) is 1. The highest BCUT2D eigenvalue weighted by atomic mass is 79.9. The Hall–Kier alpha value is -0.550. The molecule has 0 aromatic carbocycles. The number of nitrogens with two attached hydrogens (primary N) is 1. The zero-order valence-electron chi connectivity index (χ0n) is 7.24. The third kappa shape index (κ3) is 1.86. The van der Waals surface area contributed by atoms with E-state index in [9.17, 15) is 0 Å². The molecule has 0 amide bonds. The summed E-state index contributed by atoms with van der Waals surface area (Å²) in [6.07, 6.45) is 4.13. The molecule has 0 bridgehead atoms. The molecule has 0 spiro atoms. The van der Waals surface area contributed by atoms with Gasteiger partial charge in [0.05, 0.1) is 12.6 Å². The fourth-order valence-corrected chi connectivity index (χ4v) is 2.01. The SMILES string of the molecule is Nc1nc(Br)cn1C1CCCOC1. The van der Waals surface area contributed by atoms with Crippen LogP contribution in [0, 0.1) is 0 Å². The van der Waals surface area contributed by atoms with E-state index in [0.717, 1.165) is 30.7 Å². The van der Waals surface area contributed by atoms with Gasteiger partial charge in [0.15, 0.2) is 0 Å². The van der Waals surface area contributed by atoms with Gasteiger partial charge in [0.25, 0.3) is 0 Å². The van der Waals surface area contributed by atoms with Crippen LogP contribution in [-0.4, -0.2) is 22.8 Å². The number of hydrogen-bond donors (Lipinski definition) is 1. The molecule has 2 rings (SSSR count). The van der Waals surface area contributed by atoms with Gasteiger partial charge in [-0.3, -0.25) is 0 Å². The number of aromatic nitrogens is 2. The molecule has 13 heavy (non-hydrogen) atoms. The Morgan fingerprint density at radius 3 is 3.08 bits per heavy atom. The molecule has 0 aliphatic carbocycles. The monoisotopic (exact) mass is 245 g/mol. The van der Waals surface area contributed by atoms with Crippen molar-refractivity contribution < 1.29 is 4.74 Å². The maximum Gasteiger partial charge on any atom is 0.201 e. The predicted octanol–water partition coefficient (Wildman–Crippen LogP) is 1.58. The molecule has 0 saturated carbocycles. The van der Waals surface area contributed by atoms with E-state index in [-0.39, 0.29) is 0 Å². The molecule has 1 aromatic heterocycles. The summed E-state index contributed by atoms with van der Waals surface area (Å²) in [7, 11) is 0. The Labute approximate surface area is 85.2 Å². The van der Waals surface area contributed by atoms with E-state index in [1.165, 1.54) is 0 Å². The zero-order valence-corrected chi connectivity index (χ0v) is 8.83. The topological polar surface area (TPSA) is 53.1 Å². The average molecular weight is 246 g/mol. The first-order valence-electron chi connectivity index (χ1n) is 4.35. The summed E-state index contributed by atoms with van der Waals surface area (Å²) in [4.78, 5) is 4.09. The van der Waals surface area contributed by atoms with Crippen LogP contribution in [0.25, 0.3) is 0 Å². The highest BCUT2D eigenvalue weighted by Gasteiger charge is 2.18. The van der Waals surface area contributed by atoms with E-state index in [2.05, 4.69) is 20.9 Å². The van der Waals surface area contributed by atoms with E-state index in [1.807, 2.05) is 10.8 Å². The van der Waals surface area contributed by atoms with Gasteiger partial charge in [0.1, 0.15) is 4.60 Å². The smallest absolute Gasteiger partial charge is 0.201 e. The van der Waals surface area contributed by atoms with Gasteiger partial charge in [-0.15, -0.1) is 0 Å². The summed E-state index contributed by atoms with van der Waals surface area (Å²) in [5.74, 6) is 0.558. The van der Waals surface area contributed by atoms with Crippen LogP contribution in [0.2, 0.25) is 0 Å². The molecule has 0 radical (unpaired) electrons. The summed E-state index contributed by atoms with van der Waals surface area (Å²) in [6.45, 7) is 1.61. The van der Waals surface area contributed by atoms with E-state index >= 15 is 0 Å². The Morgan fingerprint density at radius 1 is 1.69 bits per heavy atom. The third-order valence-electron chi connectivity index (χ3n) is 2.26. The Bertz CT molecular complexity index is 294. The summed E-state index contributed by atoms with van der Waals surface area (Å²) in [5.41, 5.74) is 5.74. The van der Waals surface area contributed by atoms with E-state index < -0.39 is 0 Å². The Kier molecular flexibility index (Phi) is 2.55. The number of hydrogen-bond acceptors (Lipinski definition) is 3. The first kappa shape index (κ1) is 9.02. The van der Waals surface area contributed by atoms with Crippen molar-refractivity contribution in [1.82, 2.24) is 9.55 Å². The van der Waals surface area contributed by atoms with Gasteiger partial charge >= 0.3 is 0 Å². The Morgan fingerprint density at radius 2 is 2.54 bits per heavy atom. The molecule has 2 heterocycles. The highest BCUT2D eigenvalue weighted by Crippen LogP contribution is 2.24. The number of imidazole rings is 1. The molecular weight excluding hydrogens is 234 g/mol. The lowest BCUT2D eigenvalue weighted by molar-refractivity contribution is 0.0598. The summed E-state index contributed by atoms with van der Waals surface area (Å²) in [6, 6.07) is 0.354. The molecule has 4 nitrogen and oxygen atoms in total. The van der Waals surface area contributed by atoms with Crippen LogP contribution < -0.4 is 5.73 Å². The quantitative estimate of drug-likeness (QED) is 0.818. The van der Waals surface area contributed by atoms with E-state index in [0.29, 0.717) is 12.0 Å². The molecule has 1 aromatic rings. The maximum atomic E-state index is 5.74. The van der Waals surface area contributed by atoms with Gasteiger partial charge in [-0.2, -0.15) is 0 Å². The Balaban J connectivity index is 2.18. The molecule has 5 heteroatoms. The molecule has 1 atom stereocenters. The zero-order chi connectivity index (χ0) is 9.26. The third-order valence-corrected chi connectivity index (χ3v) is 2.64. The van der Waals surface area contributed by atoms with Gasteiger partial charge in [-0.1, -0.05) is 0 Å². The largest absolute Gasteiger partial charge is 0.379 e. The van der Waals surface area contributed by atoms with Gasteiger partial charge in [-0.05, 0) is 28.8 Å². The summed E-state index contributed by atoms with van der Waals surface area (Å²) in [5, 5.41) is 0. The number of halogens is 1. The van der Waals surface area contributed by atoms with Gasteiger partial charge in [0, 0.05) is 12.8 Å². The average Bonchev–Trinajstić information content (AvgIpc) is 2.47. The second-order valence-electron chi connectivity index (χ2n) is 3.20. The molecule has 1 unspecified atom stereocenters. The van der Waals surface area contributed by atoms with Crippen LogP contribution in [0.4, 0.5) is 5.95 Å². The van der Waals surface area contributed by atoms with Crippen molar-refractivity contribution in [3.05, 3.63) is 10.8 Å². The molecule has 72 valence electrons. The standard InChI is InChI=1S/C8H12BrN3O/c9-7-4-12(8(10)11-7)6-2-1-3-13-5-6/h4,6H,1-3,5H2,(H2,10,11). The lowest BCUT2D eigenvalue weighted by atomic mass is 10.1. The molecule has 2 N–H and O–H groups in total. The van der Waals surface area contributed by atoms with Crippen LogP contribution in [-0.2, 0) is 4.74 Å². The van der Waals surface area contributed by atoms with Crippen molar-refractivity contribution in [2.45, 2.75) is 18.9 Å². The fourth-order valence-electron chi connectivity index (χ4n) is 1.61. The van der Waals surface area contributed by atoms with Crippen molar-refractivity contribution in [3.63, 3.8) is 0 Å². The molecular formula is C8H12BrN3O. The van der Waals surface area contributed by atoms with Crippen LogP contribution >= 0.6 is 15.9 Å². The van der Waals surface area contributed by atoms with Gasteiger partial charge in [0.2, 0.25) is 5.95 Å². The van der Waals surface area contributed by atoms with Crippen molar-refractivity contribution in [1.29, 1.82) is 0 Å². The van der Waals surface area contributed by atoms with Crippen molar-refractivity contribution in [2.75, 3.05) is 18.9 Å². The summed E-state index contributed by atoms with van der Waals surface area (Å²) < 4.78 is 8.14. The van der Waals surface area contributed by atoms with Crippen LogP contribution in [0.3, 0.4) is 0 Å². The van der Waals surface area contributed by atoms with Gasteiger partial charge in [-0.25, -0.2) is 4.98 Å². The van der Waals surface area contributed by atoms with Crippen LogP contribution in [0.5, 0.6) is 0 Å². The lowest BCUT2D eigenvalue weighted by Crippen LogP contribution is -2.21. The van der Waals surface area contributed by atoms with E-state index in [1.54, 1.807) is 0 Å². The second-order valence-corrected chi connectivity index (χ2v) is 4.01. The second kappa shape index (κ2) is 3.67. The minimum atomic E-state index is 0.354. The van der Waals surface area contributed by atoms with Gasteiger partial charge < -0.3 is 15.0 Å². The number of anilines is 1. The first-order chi connectivity index (χ1) is 6.27. The molecule has 1 saturated heterocycles. The molecule has 1 aliphatic rings. The minimum absolute atomic E-state index is 0.354. The number of rotatable bonds is 1. The van der Waals surface area contributed by atoms with Crippen molar-refractivity contribution in [3.8, 4) is 0 Å². The van der Waals surface area contributed by atoms with Crippen LogP contribution in [0.1, 0.15) is 18.9 Å². The predicted molar refractivity (Wildman–Crippen MR) is 53.4 cm³/mol. The van der Waals surface area contributed by atoms with Crippen molar-refractivity contribution >= 4 is 21.9 Å². The first-order valence-corrected chi connectivity index (χ1v) is 5.14. The lowest BCUT2D eigenvalue weighted by Gasteiger charge is -2.23. The fraction of sp³-hybridized carbons (Fsp3) is 0.625. The molecule has 1 fully saturated rings. The highest BCUT2D eigenvalue weighted by molar-refractivity contribution is 9.10. The number of nitrogens with zero attached hydrogens (tertiary/aromatic N) is 2. The normalized spacial score (nSPS) is 23.3. The minimum Gasteiger partial charge on any atom is -0.379 e. The van der Waals surface area contributed by atoms with E-state index in [4.69, 9.17) is 10.5 Å².